The minimum Gasteiger partial charge on any atom is -0.377 e. The molecule has 2 unspecified atom stereocenters. The Morgan fingerprint density at radius 3 is 2.64 bits per heavy atom. The van der Waals surface area contributed by atoms with E-state index in [0.29, 0.717) is 0 Å². The lowest BCUT2D eigenvalue weighted by atomic mass is 10.0. The van der Waals surface area contributed by atoms with Crippen molar-refractivity contribution in [3.05, 3.63) is 12.2 Å². The van der Waals surface area contributed by atoms with Gasteiger partial charge in [-0.1, -0.05) is 39.7 Å². The van der Waals surface area contributed by atoms with E-state index in [1.165, 1.54) is 0 Å². The molecule has 0 spiro atoms. The number of aliphatic hydroxyl groups is 1. The van der Waals surface area contributed by atoms with Gasteiger partial charge in [-0.2, -0.15) is 0 Å². The maximum atomic E-state index is 9.07. The van der Waals surface area contributed by atoms with Crippen LogP contribution in [0.15, 0.2) is 12.2 Å². The first-order chi connectivity index (χ1) is 5.22. The lowest BCUT2D eigenvalue weighted by Gasteiger charge is -2.12. The average Bonchev–Trinajstić information content (AvgIpc) is 1.97. The highest BCUT2D eigenvalue weighted by atomic mass is 79.9. The molecule has 0 amide bonds. The predicted molar refractivity (Wildman–Crippen MR) is 53.2 cm³/mol. The maximum Gasteiger partial charge on any atom is 0.134 e. The third-order valence-electron chi connectivity index (χ3n) is 1.46. The fourth-order valence-electron chi connectivity index (χ4n) is 0.885. The van der Waals surface area contributed by atoms with Gasteiger partial charge in [0.15, 0.2) is 0 Å². The quantitative estimate of drug-likeness (QED) is 0.580. The van der Waals surface area contributed by atoms with Gasteiger partial charge in [0.05, 0.1) is 0 Å². The van der Waals surface area contributed by atoms with E-state index in [9.17, 15) is 0 Å². The SMILES string of the molecule is C/C=C\C(CCCBr)C(O)Cl. The van der Waals surface area contributed by atoms with E-state index in [-0.39, 0.29) is 5.92 Å². The molecule has 0 aromatic carbocycles. The van der Waals surface area contributed by atoms with Crippen molar-refractivity contribution in [1.82, 2.24) is 0 Å². The van der Waals surface area contributed by atoms with E-state index in [1.54, 1.807) is 0 Å². The summed E-state index contributed by atoms with van der Waals surface area (Å²) in [5.74, 6) is 0.0965. The Kier molecular flexibility index (Phi) is 7.44. The number of alkyl halides is 2. The molecule has 0 bridgehead atoms. The van der Waals surface area contributed by atoms with Gasteiger partial charge in [0.25, 0.3) is 0 Å². The molecule has 0 fully saturated rings. The van der Waals surface area contributed by atoms with Gasteiger partial charge in [-0.05, 0) is 19.8 Å². The fourth-order valence-corrected chi connectivity index (χ4v) is 1.42. The van der Waals surface area contributed by atoms with Gasteiger partial charge < -0.3 is 5.11 Å². The molecule has 0 radical (unpaired) electrons. The van der Waals surface area contributed by atoms with Crippen LogP contribution in [0.1, 0.15) is 19.8 Å². The molecule has 1 nitrogen and oxygen atoms in total. The largest absolute Gasteiger partial charge is 0.377 e. The van der Waals surface area contributed by atoms with Crippen molar-refractivity contribution < 1.29 is 5.11 Å². The smallest absolute Gasteiger partial charge is 0.134 e. The fraction of sp³-hybridized carbons (Fsp3) is 0.750. The van der Waals surface area contributed by atoms with Crippen LogP contribution < -0.4 is 0 Å². The second kappa shape index (κ2) is 7.14. The van der Waals surface area contributed by atoms with Gasteiger partial charge in [0, 0.05) is 11.2 Å². The predicted octanol–water partition coefficient (Wildman–Crippen LogP) is 2.91. The summed E-state index contributed by atoms with van der Waals surface area (Å²) in [6, 6.07) is 0. The van der Waals surface area contributed by atoms with Crippen molar-refractivity contribution in [2.75, 3.05) is 5.33 Å². The molecule has 66 valence electrons. The molecule has 1 N–H and O–H groups in total. The van der Waals surface area contributed by atoms with E-state index >= 15 is 0 Å². The molecule has 0 aliphatic heterocycles. The first-order valence-electron chi connectivity index (χ1n) is 3.73. The summed E-state index contributed by atoms with van der Waals surface area (Å²) in [6.45, 7) is 1.93. The zero-order valence-electron chi connectivity index (χ0n) is 6.63. The highest BCUT2D eigenvalue weighted by molar-refractivity contribution is 9.09. The Morgan fingerprint density at radius 2 is 2.27 bits per heavy atom. The molecule has 0 rings (SSSR count). The van der Waals surface area contributed by atoms with E-state index in [0.717, 1.165) is 18.2 Å². The normalized spacial score (nSPS) is 17.1. The van der Waals surface area contributed by atoms with Crippen LogP contribution >= 0.6 is 27.5 Å². The Labute approximate surface area is 81.6 Å². The molecule has 0 aliphatic carbocycles. The number of halogens is 2. The Morgan fingerprint density at radius 1 is 1.64 bits per heavy atom. The van der Waals surface area contributed by atoms with Crippen LogP contribution in [-0.2, 0) is 0 Å². The molecule has 0 saturated carbocycles. The summed E-state index contributed by atoms with van der Waals surface area (Å²) >= 11 is 8.88. The highest BCUT2D eigenvalue weighted by Gasteiger charge is 2.11. The molecule has 0 saturated heterocycles. The summed E-state index contributed by atoms with van der Waals surface area (Å²) in [5.41, 5.74) is -0.745. The van der Waals surface area contributed by atoms with Crippen LogP contribution in [0.25, 0.3) is 0 Å². The number of hydrogen-bond donors (Lipinski definition) is 1. The number of rotatable bonds is 5. The third kappa shape index (κ3) is 5.71. The zero-order valence-corrected chi connectivity index (χ0v) is 8.98. The van der Waals surface area contributed by atoms with Crippen molar-refractivity contribution >= 4 is 27.5 Å². The molecular weight excluding hydrogens is 227 g/mol. The molecular formula is C8H14BrClO. The highest BCUT2D eigenvalue weighted by Crippen LogP contribution is 2.16. The van der Waals surface area contributed by atoms with E-state index in [2.05, 4.69) is 15.9 Å². The number of allylic oxidation sites excluding steroid dienone is 1. The second-order valence-electron chi connectivity index (χ2n) is 2.39. The van der Waals surface area contributed by atoms with Crippen molar-refractivity contribution in [3.63, 3.8) is 0 Å². The van der Waals surface area contributed by atoms with E-state index < -0.39 is 5.56 Å². The van der Waals surface area contributed by atoms with Crippen LogP contribution in [-0.4, -0.2) is 16.0 Å². The van der Waals surface area contributed by atoms with Gasteiger partial charge in [-0.3, -0.25) is 0 Å². The van der Waals surface area contributed by atoms with Crippen LogP contribution in [0.3, 0.4) is 0 Å². The summed E-state index contributed by atoms with van der Waals surface area (Å²) < 4.78 is 0. The van der Waals surface area contributed by atoms with Crippen molar-refractivity contribution in [2.24, 2.45) is 5.92 Å². The van der Waals surface area contributed by atoms with E-state index in [1.807, 2.05) is 19.1 Å². The summed E-state index contributed by atoms with van der Waals surface area (Å²) in [7, 11) is 0. The van der Waals surface area contributed by atoms with Gasteiger partial charge in [-0.25, -0.2) is 0 Å². The van der Waals surface area contributed by atoms with Crippen LogP contribution in [0.2, 0.25) is 0 Å². The molecule has 2 atom stereocenters. The molecule has 0 aromatic heterocycles. The minimum atomic E-state index is -0.745. The Balaban J connectivity index is 3.70. The summed E-state index contributed by atoms with van der Waals surface area (Å²) in [6.07, 6.45) is 5.84. The van der Waals surface area contributed by atoms with Crippen molar-refractivity contribution in [1.29, 1.82) is 0 Å². The third-order valence-corrected chi connectivity index (χ3v) is 2.35. The van der Waals surface area contributed by atoms with Gasteiger partial charge >= 0.3 is 0 Å². The number of hydrogen-bond acceptors (Lipinski definition) is 1. The van der Waals surface area contributed by atoms with Gasteiger partial charge in [-0.15, -0.1) is 0 Å². The first-order valence-corrected chi connectivity index (χ1v) is 5.29. The molecule has 11 heavy (non-hydrogen) atoms. The van der Waals surface area contributed by atoms with E-state index in [4.69, 9.17) is 16.7 Å². The lowest BCUT2D eigenvalue weighted by Crippen LogP contribution is -2.11. The van der Waals surface area contributed by atoms with Crippen LogP contribution in [0.4, 0.5) is 0 Å². The minimum absolute atomic E-state index is 0.0965. The Hall–Kier alpha value is 0.470. The Bertz CT molecular complexity index is 115. The molecule has 0 aromatic rings. The molecule has 0 aliphatic rings. The second-order valence-corrected chi connectivity index (χ2v) is 3.63. The van der Waals surface area contributed by atoms with Crippen LogP contribution in [0, 0.1) is 5.92 Å². The van der Waals surface area contributed by atoms with Crippen LogP contribution in [0.5, 0.6) is 0 Å². The first kappa shape index (κ1) is 11.5. The maximum absolute atomic E-state index is 9.07. The molecule has 0 heterocycles. The van der Waals surface area contributed by atoms with Gasteiger partial charge in [0.2, 0.25) is 0 Å². The topological polar surface area (TPSA) is 20.2 Å². The monoisotopic (exact) mass is 240 g/mol. The lowest BCUT2D eigenvalue weighted by molar-refractivity contribution is 0.203. The standard InChI is InChI=1S/C8H14BrClO/c1-2-4-7(8(10)11)5-3-6-9/h2,4,7-8,11H,3,5-6H2,1H3/b4-2-. The summed E-state index contributed by atoms with van der Waals surface area (Å²) in [4.78, 5) is 0. The zero-order chi connectivity index (χ0) is 8.69. The van der Waals surface area contributed by atoms with Gasteiger partial charge in [0.1, 0.15) is 5.56 Å². The van der Waals surface area contributed by atoms with Crippen molar-refractivity contribution in [3.8, 4) is 0 Å². The number of aliphatic hydroxyl groups excluding tert-OH is 1. The average molecular weight is 242 g/mol. The molecule has 3 heteroatoms. The summed E-state index contributed by atoms with van der Waals surface area (Å²) in [5, 5.41) is 10.0. The van der Waals surface area contributed by atoms with Crippen molar-refractivity contribution in [2.45, 2.75) is 25.3 Å².